The van der Waals surface area contributed by atoms with Crippen molar-refractivity contribution in [1.29, 1.82) is 0 Å². The second kappa shape index (κ2) is 9.80. The normalized spacial score (nSPS) is 20.4. The number of pyridine rings is 1. The zero-order chi connectivity index (χ0) is 18.0. The maximum atomic E-state index is 5.65. The van der Waals surface area contributed by atoms with Crippen molar-refractivity contribution < 1.29 is 4.74 Å². The van der Waals surface area contributed by atoms with E-state index in [2.05, 4.69) is 50.9 Å². The molecule has 26 heavy (non-hydrogen) atoms. The van der Waals surface area contributed by atoms with Gasteiger partial charge in [-0.25, -0.2) is 0 Å². The minimum absolute atomic E-state index is 0.486. The van der Waals surface area contributed by atoms with E-state index in [1.807, 2.05) is 19.2 Å². The second-order valence-corrected chi connectivity index (χ2v) is 6.64. The number of nitrogens with one attached hydrogen (secondary N) is 2. The van der Waals surface area contributed by atoms with Gasteiger partial charge in [-0.15, -0.1) is 0 Å². The van der Waals surface area contributed by atoms with E-state index in [-0.39, 0.29) is 0 Å². The Balaban J connectivity index is 1.36. The van der Waals surface area contributed by atoms with Crippen molar-refractivity contribution in [2.75, 3.05) is 20.2 Å². The SMILES string of the molecule is CN=C(NCCOc1cccnc1)NC1CCC(c2ccccc2)CC1. The van der Waals surface area contributed by atoms with E-state index in [0.717, 1.165) is 11.7 Å². The largest absolute Gasteiger partial charge is 0.490 e. The Morgan fingerprint density at radius 3 is 2.62 bits per heavy atom. The van der Waals surface area contributed by atoms with Crippen molar-refractivity contribution in [3.63, 3.8) is 0 Å². The third kappa shape index (κ3) is 5.48. The van der Waals surface area contributed by atoms with Crippen LogP contribution in [-0.2, 0) is 0 Å². The second-order valence-electron chi connectivity index (χ2n) is 6.64. The number of aromatic nitrogens is 1. The highest BCUT2D eigenvalue weighted by atomic mass is 16.5. The Labute approximate surface area is 155 Å². The van der Waals surface area contributed by atoms with Gasteiger partial charge in [0, 0.05) is 19.3 Å². The molecule has 1 saturated carbocycles. The lowest BCUT2D eigenvalue weighted by atomic mass is 9.82. The van der Waals surface area contributed by atoms with Gasteiger partial charge in [-0.1, -0.05) is 30.3 Å². The van der Waals surface area contributed by atoms with Gasteiger partial charge in [0.1, 0.15) is 12.4 Å². The zero-order valence-corrected chi connectivity index (χ0v) is 15.4. The van der Waals surface area contributed by atoms with Crippen molar-refractivity contribution in [2.45, 2.75) is 37.6 Å². The quantitative estimate of drug-likeness (QED) is 0.475. The fraction of sp³-hybridized carbons (Fsp3) is 0.429. The molecule has 3 rings (SSSR count). The third-order valence-electron chi connectivity index (χ3n) is 4.86. The van der Waals surface area contributed by atoms with Crippen molar-refractivity contribution in [3.8, 4) is 5.75 Å². The number of ether oxygens (including phenoxy) is 1. The van der Waals surface area contributed by atoms with E-state index in [1.165, 1.54) is 31.2 Å². The van der Waals surface area contributed by atoms with Crippen molar-refractivity contribution in [3.05, 3.63) is 60.4 Å². The van der Waals surface area contributed by atoms with Gasteiger partial charge < -0.3 is 15.4 Å². The molecule has 0 radical (unpaired) electrons. The smallest absolute Gasteiger partial charge is 0.191 e. The summed E-state index contributed by atoms with van der Waals surface area (Å²) >= 11 is 0. The number of rotatable bonds is 6. The standard InChI is InChI=1S/C21H28N4O/c1-22-21(24-14-15-26-20-8-5-13-23-16-20)25-19-11-9-18(10-12-19)17-6-3-2-4-7-17/h2-8,13,16,18-19H,9-12,14-15H2,1H3,(H2,22,24,25). The highest BCUT2D eigenvalue weighted by Crippen LogP contribution is 2.32. The average Bonchev–Trinajstić information content (AvgIpc) is 2.72. The van der Waals surface area contributed by atoms with Crippen molar-refractivity contribution in [2.24, 2.45) is 4.99 Å². The van der Waals surface area contributed by atoms with Crippen LogP contribution in [0.25, 0.3) is 0 Å². The molecule has 5 nitrogen and oxygen atoms in total. The fourth-order valence-corrected chi connectivity index (χ4v) is 3.46. The average molecular weight is 352 g/mol. The summed E-state index contributed by atoms with van der Waals surface area (Å²) in [5.74, 6) is 2.33. The number of guanidine groups is 1. The van der Waals surface area contributed by atoms with Gasteiger partial charge in [0.25, 0.3) is 0 Å². The van der Waals surface area contributed by atoms with Crippen molar-refractivity contribution >= 4 is 5.96 Å². The first-order valence-electron chi connectivity index (χ1n) is 9.40. The van der Waals surface area contributed by atoms with Gasteiger partial charge in [-0.2, -0.15) is 0 Å². The summed E-state index contributed by atoms with van der Waals surface area (Å²) in [5, 5.41) is 6.87. The first-order chi connectivity index (χ1) is 12.8. The minimum Gasteiger partial charge on any atom is -0.490 e. The van der Waals surface area contributed by atoms with Crippen LogP contribution in [0.15, 0.2) is 59.9 Å². The topological polar surface area (TPSA) is 58.5 Å². The molecule has 0 amide bonds. The Hall–Kier alpha value is -2.56. The molecule has 0 aliphatic heterocycles. The highest BCUT2D eigenvalue weighted by molar-refractivity contribution is 5.79. The lowest BCUT2D eigenvalue weighted by Gasteiger charge is -2.30. The predicted molar refractivity (Wildman–Crippen MR) is 106 cm³/mol. The molecule has 2 N–H and O–H groups in total. The maximum absolute atomic E-state index is 5.65. The van der Waals surface area contributed by atoms with Gasteiger partial charge in [0.15, 0.2) is 5.96 Å². The van der Waals surface area contributed by atoms with Crippen LogP contribution < -0.4 is 15.4 Å². The molecule has 138 valence electrons. The van der Waals surface area contributed by atoms with Gasteiger partial charge >= 0.3 is 0 Å². The molecule has 5 heteroatoms. The van der Waals surface area contributed by atoms with E-state index in [0.29, 0.717) is 25.1 Å². The molecule has 1 aromatic heterocycles. The van der Waals surface area contributed by atoms with Crippen LogP contribution in [0.4, 0.5) is 0 Å². The van der Waals surface area contributed by atoms with E-state index >= 15 is 0 Å². The number of aliphatic imine (C=N–C) groups is 1. The van der Waals surface area contributed by atoms with Crippen LogP contribution in [0, 0.1) is 0 Å². The van der Waals surface area contributed by atoms with Crippen LogP contribution >= 0.6 is 0 Å². The number of nitrogens with zero attached hydrogens (tertiary/aromatic N) is 2. The molecule has 1 fully saturated rings. The summed E-state index contributed by atoms with van der Waals surface area (Å²) in [6, 6.07) is 15.1. The molecular weight excluding hydrogens is 324 g/mol. The number of hydrogen-bond acceptors (Lipinski definition) is 3. The van der Waals surface area contributed by atoms with Crippen LogP contribution in [0.3, 0.4) is 0 Å². The molecule has 0 atom stereocenters. The predicted octanol–water partition coefficient (Wildman–Crippen LogP) is 3.35. The van der Waals surface area contributed by atoms with Crippen LogP contribution in [0.1, 0.15) is 37.2 Å². The van der Waals surface area contributed by atoms with Crippen LogP contribution in [0.2, 0.25) is 0 Å². The van der Waals surface area contributed by atoms with Crippen molar-refractivity contribution in [1.82, 2.24) is 15.6 Å². The lowest BCUT2D eigenvalue weighted by molar-refractivity contribution is 0.319. The summed E-state index contributed by atoms with van der Waals surface area (Å²) in [6.07, 6.45) is 8.26. The van der Waals surface area contributed by atoms with E-state index in [1.54, 1.807) is 12.4 Å². The molecule has 2 aromatic rings. The molecule has 0 bridgehead atoms. The van der Waals surface area contributed by atoms with E-state index in [4.69, 9.17) is 4.74 Å². The molecule has 1 aliphatic rings. The highest BCUT2D eigenvalue weighted by Gasteiger charge is 2.22. The molecule has 1 heterocycles. The van der Waals surface area contributed by atoms with Gasteiger partial charge in [0.2, 0.25) is 0 Å². The zero-order valence-electron chi connectivity index (χ0n) is 15.4. The van der Waals surface area contributed by atoms with Gasteiger partial charge in [-0.3, -0.25) is 9.98 Å². The lowest BCUT2D eigenvalue weighted by Crippen LogP contribution is -2.45. The Bertz CT molecular complexity index is 667. The van der Waals surface area contributed by atoms with Crippen LogP contribution in [0.5, 0.6) is 5.75 Å². The summed E-state index contributed by atoms with van der Waals surface area (Å²) in [5.41, 5.74) is 1.47. The molecule has 1 aromatic carbocycles. The van der Waals surface area contributed by atoms with Gasteiger partial charge in [-0.05, 0) is 49.3 Å². The van der Waals surface area contributed by atoms with Crippen LogP contribution in [-0.4, -0.2) is 37.2 Å². The van der Waals surface area contributed by atoms with Gasteiger partial charge in [0.05, 0.1) is 12.7 Å². The van der Waals surface area contributed by atoms with E-state index < -0.39 is 0 Å². The number of hydrogen-bond donors (Lipinski definition) is 2. The first kappa shape index (κ1) is 18.2. The first-order valence-corrected chi connectivity index (χ1v) is 9.40. The molecule has 0 spiro atoms. The minimum atomic E-state index is 0.486. The fourth-order valence-electron chi connectivity index (χ4n) is 3.46. The Kier molecular flexibility index (Phi) is 6.88. The van der Waals surface area contributed by atoms with E-state index in [9.17, 15) is 0 Å². The summed E-state index contributed by atoms with van der Waals surface area (Å²) in [4.78, 5) is 8.37. The monoisotopic (exact) mass is 352 g/mol. The Morgan fingerprint density at radius 2 is 1.92 bits per heavy atom. The molecule has 0 saturated heterocycles. The summed E-state index contributed by atoms with van der Waals surface area (Å²) < 4.78 is 5.65. The summed E-state index contributed by atoms with van der Waals surface area (Å²) in [6.45, 7) is 1.28. The number of benzene rings is 1. The maximum Gasteiger partial charge on any atom is 0.191 e. The third-order valence-corrected chi connectivity index (χ3v) is 4.86. The molecule has 1 aliphatic carbocycles. The molecular formula is C21H28N4O. The summed E-state index contributed by atoms with van der Waals surface area (Å²) in [7, 11) is 1.81. The Morgan fingerprint density at radius 1 is 1.12 bits per heavy atom. The molecule has 0 unspecified atom stereocenters.